The summed E-state index contributed by atoms with van der Waals surface area (Å²) in [4.78, 5) is 0. The Labute approximate surface area is 125 Å². The monoisotopic (exact) mass is 299 g/mol. The van der Waals surface area contributed by atoms with Gasteiger partial charge in [-0.25, -0.2) is 8.42 Å². The zero-order chi connectivity index (χ0) is 15.1. The predicted molar refractivity (Wildman–Crippen MR) is 83.4 cm³/mol. The van der Waals surface area contributed by atoms with Crippen LogP contribution in [0.15, 0.2) is 54.6 Å². The maximum absolute atomic E-state index is 12.1. The number of benzene rings is 2. The molecule has 0 heterocycles. The minimum atomic E-state index is -3.19. The Hall–Kier alpha value is -2.12. The third kappa shape index (κ3) is 4.73. The summed E-state index contributed by atoms with van der Waals surface area (Å²) < 4.78 is 24.3. The van der Waals surface area contributed by atoms with E-state index in [1.807, 2.05) is 36.4 Å². The number of aryl methyl sites for hydroxylation is 1. The quantitative estimate of drug-likeness (QED) is 0.823. The highest BCUT2D eigenvalue weighted by Gasteiger charge is 2.14. The average Bonchev–Trinajstić information content (AvgIpc) is 2.48. The number of rotatable bonds is 6. The van der Waals surface area contributed by atoms with Gasteiger partial charge in [-0.05, 0) is 30.0 Å². The third-order valence-corrected chi connectivity index (χ3v) is 4.94. The first-order chi connectivity index (χ1) is 10.1. The van der Waals surface area contributed by atoms with Crippen LogP contribution in [0.1, 0.15) is 23.1 Å². The van der Waals surface area contributed by atoms with E-state index < -0.39 is 9.84 Å². The fourth-order valence-corrected chi connectivity index (χ4v) is 3.66. The predicted octanol–water partition coefficient (Wildman–Crippen LogP) is 3.11. The number of sulfone groups is 1. The fourth-order valence-electron chi connectivity index (χ4n) is 2.21. The standard InChI is InChI=1S/C17H17NO2S/c18-13-16-10-4-5-11-17(16)14-21(19,20)12-6-9-15-7-2-1-3-8-15/h1-5,7-8,10-11H,6,9,12,14H2. The summed E-state index contributed by atoms with van der Waals surface area (Å²) in [5.74, 6) is 0.0766. The van der Waals surface area contributed by atoms with Crippen LogP contribution in [0.3, 0.4) is 0 Å². The Bertz CT molecular complexity index is 731. The Morgan fingerprint density at radius 1 is 0.952 bits per heavy atom. The number of hydrogen-bond donors (Lipinski definition) is 0. The van der Waals surface area contributed by atoms with Gasteiger partial charge in [0.25, 0.3) is 0 Å². The van der Waals surface area contributed by atoms with Gasteiger partial charge in [0.15, 0.2) is 9.84 Å². The van der Waals surface area contributed by atoms with Crippen molar-refractivity contribution >= 4 is 9.84 Å². The number of nitrogens with zero attached hydrogens (tertiary/aromatic N) is 1. The molecule has 3 nitrogen and oxygen atoms in total. The van der Waals surface area contributed by atoms with Crippen molar-refractivity contribution in [2.75, 3.05) is 5.75 Å². The van der Waals surface area contributed by atoms with Gasteiger partial charge >= 0.3 is 0 Å². The molecule has 2 aromatic carbocycles. The molecule has 0 fully saturated rings. The van der Waals surface area contributed by atoms with Crippen LogP contribution in [-0.4, -0.2) is 14.2 Å². The average molecular weight is 299 g/mol. The minimum Gasteiger partial charge on any atom is -0.228 e. The highest BCUT2D eigenvalue weighted by Crippen LogP contribution is 2.13. The molecule has 21 heavy (non-hydrogen) atoms. The molecule has 0 N–H and O–H groups in total. The maximum atomic E-state index is 12.1. The maximum Gasteiger partial charge on any atom is 0.154 e. The second kappa shape index (κ2) is 7.05. The van der Waals surface area contributed by atoms with Gasteiger partial charge in [-0.3, -0.25) is 0 Å². The molecule has 2 rings (SSSR count). The smallest absolute Gasteiger partial charge is 0.154 e. The summed E-state index contributed by atoms with van der Waals surface area (Å²) in [5.41, 5.74) is 2.16. The van der Waals surface area contributed by atoms with E-state index in [4.69, 9.17) is 5.26 Å². The van der Waals surface area contributed by atoms with E-state index in [2.05, 4.69) is 0 Å². The van der Waals surface area contributed by atoms with Crippen LogP contribution < -0.4 is 0 Å². The second-order valence-electron chi connectivity index (χ2n) is 4.95. The molecule has 0 unspecified atom stereocenters. The summed E-state index contributed by atoms with van der Waals surface area (Å²) in [6.07, 6.45) is 1.35. The molecule has 4 heteroatoms. The van der Waals surface area contributed by atoms with Crippen LogP contribution in [0, 0.1) is 11.3 Å². The molecule has 0 aliphatic rings. The molecule has 108 valence electrons. The van der Waals surface area contributed by atoms with Crippen LogP contribution in [-0.2, 0) is 22.0 Å². The molecule has 2 aromatic rings. The highest BCUT2D eigenvalue weighted by molar-refractivity contribution is 7.90. The minimum absolute atomic E-state index is 0.0640. The van der Waals surface area contributed by atoms with Crippen molar-refractivity contribution in [1.29, 1.82) is 5.26 Å². The summed E-state index contributed by atoms with van der Waals surface area (Å²) in [6.45, 7) is 0. The van der Waals surface area contributed by atoms with Gasteiger partial charge in [0.05, 0.1) is 23.1 Å². The molecule has 0 radical (unpaired) electrons. The lowest BCUT2D eigenvalue weighted by atomic mass is 10.1. The van der Waals surface area contributed by atoms with Crippen molar-refractivity contribution in [2.24, 2.45) is 0 Å². The van der Waals surface area contributed by atoms with Crippen molar-refractivity contribution in [1.82, 2.24) is 0 Å². The molecule has 0 aliphatic heterocycles. The molecular formula is C17H17NO2S. The van der Waals surface area contributed by atoms with Crippen LogP contribution in [0.4, 0.5) is 0 Å². The zero-order valence-corrected chi connectivity index (χ0v) is 12.5. The Kier molecular flexibility index (Phi) is 5.13. The lowest BCUT2D eigenvalue weighted by Crippen LogP contribution is -2.11. The SMILES string of the molecule is N#Cc1ccccc1CS(=O)(=O)CCCc1ccccc1. The van der Waals surface area contributed by atoms with Gasteiger partial charge in [-0.15, -0.1) is 0 Å². The lowest BCUT2D eigenvalue weighted by Gasteiger charge is -2.06. The number of nitriles is 1. The normalized spacial score (nSPS) is 11.0. The molecule has 0 saturated heterocycles. The van der Waals surface area contributed by atoms with Crippen molar-refractivity contribution in [2.45, 2.75) is 18.6 Å². The molecule has 0 amide bonds. The highest BCUT2D eigenvalue weighted by atomic mass is 32.2. The zero-order valence-electron chi connectivity index (χ0n) is 11.7. The summed E-state index contributed by atoms with van der Waals surface area (Å²) in [5, 5.41) is 9.00. The van der Waals surface area contributed by atoms with Crippen LogP contribution >= 0.6 is 0 Å². The van der Waals surface area contributed by atoms with E-state index >= 15 is 0 Å². The topological polar surface area (TPSA) is 57.9 Å². The summed E-state index contributed by atoms with van der Waals surface area (Å²) in [6, 6.07) is 18.7. The Morgan fingerprint density at radius 3 is 2.33 bits per heavy atom. The number of hydrogen-bond acceptors (Lipinski definition) is 3. The Morgan fingerprint density at radius 2 is 1.62 bits per heavy atom. The molecule has 0 spiro atoms. The molecule has 0 aliphatic carbocycles. The van der Waals surface area contributed by atoms with Gasteiger partial charge in [0.2, 0.25) is 0 Å². The lowest BCUT2D eigenvalue weighted by molar-refractivity contribution is 0.592. The van der Waals surface area contributed by atoms with Crippen molar-refractivity contribution < 1.29 is 8.42 Å². The first-order valence-corrected chi connectivity index (χ1v) is 8.65. The van der Waals surface area contributed by atoms with E-state index in [9.17, 15) is 8.42 Å². The molecular weight excluding hydrogens is 282 g/mol. The fraction of sp³-hybridized carbons (Fsp3) is 0.235. The van der Waals surface area contributed by atoms with E-state index in [1.165, 1.54) is 0 Å². The van der Waals surface area contributed by atoms with E-state index in [1.54, 1.807) is 24.3 Å². The van der Waals surface area contributed by atoms with E-state index in [0.717, 1.165) is 12.0 Å². The van der Waals surface area contributed by atoms with Gasteiger partial charge < -0.3 is 0 Å². The summed E-state index contributed by atoms with van der Waals surface area (Å²) >= 11 is 0. The first-order valence-electron chi connectivity index (χ1n) is 6.83. The summed E-state index contributed by atoms with van der Waals surface area (Å²) in [7, 11) is -3.19. The van der Waals surface area contributed by atoms with Crippen molar-refractivity contribution in [3.63, 3.8) is 0 Å². The second-order valence-corrected chi connectivity index (χ2v) is 7.13. The van der Waals surface area contributed by atoms with E-state index in [0.29, 0.717) is 17.5 Å². The molecule has 0 aromatic heterocycles. The van der Waals surface area contributed by atoms with Gasteiger partial charge in [0.1, 0.15) is 0 Å². The van der Waals surface area contributed by atoms with Gasteiger partial charge in [0, 0.05) is 0 Å². The largest absolute Gasteiger partial charge is 0.228 e. The third-order valence-electron chi connectivity index (χ3n) is 3.28. The first kappa shape index (κ1) is 15.3. The van der Waals surface area contributed by atoms with Crippen LogP contribution in [0.5, 0.6) is 0 Å². The van der Waals surface area contributed by atoms with Gasteiger partial charge in [-0.2, -0.15) is 5.26 Å². The molecule has 0 bridgehead atoms. The Balaban J connectivity index is 1.95. The van der Waals surface area contributed by atoms with Crippen molar-refractivity contribution in [3.05, 3.63) is 71.3 Å². The molecule has 0 saturated carbocycles. The van der Waals surface area contributed by atoms with Crippen molar-refractivity contribution in [3.8, 4) is 6.07 Å². The van der Waals surface area contributed by atoms with E-state index in [-0.39, 0.29) is 11.5 Å². The van der Waals surface area contributed by atoms with Gasteiger partial charge in [-0.1, -0.05) is 48.5 Å². The van der Waals surface area contributed by atoms with Crippen LogP contribution in [0.25, 0.3) is 0 Å². The molecule has 0 atom stereocenters. The van der Waals surface area contributed by atoms with Crippen LogP contribution in [0.2, 0.25) is 0 Å².